The van der Waals surface area contributed by atoms with Gasteiger partial charge in [0.05, 0.1) is 12.2 Å². The molecule has 0 aromatic carbocycles. The quantitative estimate of drug-likeness (QED) is 0.739. The van der Waals surface area contributed by atoms with Crippen molar-refractivity contribution in [1.82, 2.24) is 4.98 Å². The van der Waals surface area contributed by atoms with Crippen molar-refractivity contribution in [3.05, 3.63) is 28.8 Å². The van der Waals surface area contributed by atoms with E-state index in [1.165, 1.54) is 13.0 Å². The van der Waals surface area contributed by atoms with E-state index in [0.717, 1.165) is 6.20 Å². The van der Waals surface area contributed by atoms with Gasteiger partial charge in [0.1, 0.15) is 11.0 Å². The van der Waals surface area contributed by atoms with Gasteiger partial charge in [0, 0.05) is 5.56 Å². The lowest BCUT2D eigenvalue weighted by atomic mass is 10.1. The van der Waals surface area contributed by atoms with Crippen LogP contribution in [-0.4, -0.2) is 10.8 Å². The molecule has 0 aliphatic heterocycles. The Labute approximate surface area is 79.7 Å². The first kappa shape index (κ1) is 10.1. The number of pyridine rings is 1. The molecule has 70 valence electrons. The number of rotatable bonds is 2. The largest absolute Gasteiger partial charge is 0.318 e. The van der Waals surface area contributed by atoms with Crippen molar-refractivity contribution in [3.8, 4) is 0 Å². The summed E-state index contributed by atoms with van der Waals surface area (Å²) < 4.78 is 13.0. The maximum atomic E-state index is 13.0. The third-order valence-corrected chi connectivity index (χ3v) is 1.83. The predicted octanol–water partition coefficient (Wildman–Crippen LogP) is 1.46. The van der Waals surface area contributed by atoms with Crippen molar-refractivity contribution in [2.75, 3.05) is 0 Å². The highest BCUT2D eigenvalue weighted by Gasteiger charge is 2.16. The number of carbonyl (C=O) groups is 1. The number of carbonyl (C=O) groups excluding carboxylic acids is 1. The number of hydrogen-bond donors (Lipinski definition) is 1. The predicted molar refractivity (Wildman–Crippen MR) is 46.8 cm³/mol. The normalized spacial score (nSPS) is 12.6. The number of Topliss-reactive ketones (excluding diaryl/α,β-unsaturated/α-hetero) is 1. The molecule has 1 unspecified atom stereocenters. The highest BCUT2D eigenvalue weighted by atomic mass is 35.5. The van der Waals surface area contributed by atoms with Gasteiger partial charge in [-0.15, -0.1) is 0 Å². The average molecular weight is 203 g/mol. The van der Waals surface area contributed by atoms with Crippen LogP contribution in [0.15, 0.2) is 12.3 Å². The summed E-state index contributed by atoms with van der Waals surface area (Å²) in [6.07, 6.45) is 0.945. The van der Waals surface area contributed by atoms with Gasteiger partial charge in [-0.25, -0.2) is 9.37 Å². The highest BCUT2D eigenvalue weighted by Crippen LogP contribution is 2.18. The highest BCUT2D eigenvalue weighted by molar-refractivity contribution is 6.29. The Bertz CT molecular complexity index is 343. The molecule has 1 aromatic rings. The minimum absolute atomic E-state index is 0.0764. The zero-order valence-corrected chi connectivity index (χ0v) is 7.68. The standard InChI is InChI=1S/C8H8ClFN2O/c1-4(13)8(11)5-2-7(9)12-3-6(5)10/h2-3,8H,11H2,1H3. The molecule has 0 bridgehead atoms. The molecule has 0 amide bonds. The van der Waals surface area contributed by atoms with Crippen molar-refractivity contribution in [3.63, 3.8) is 0 Å². The molecule has 0 saturated heterocycles. The minimum Gasteiger partial charge on any atom is -0.318 e. The first-order valence-corrected chi connectivity index (χ1v) is 3.97. The van der Waals surface area contributed by atoms with E-state index in [1.54, 1.807) is 0 Å². The van der Waals surface area contributed by atoms with Crippen LogP contribution in [0.3, 0.4) is 0 Å². The Hall–Kier alpha value is -1.00. The van der Waals surface area contributed by atoms with Crippen molar-refractivity contribution in [1.29, 1.82) is 0 Å². The summed E-state index contributed by atoms with van der Waals surface area (Å²) >= 11 is 5.52. The van der Waals surface area contributed by atoms with Crippen LogP contribution in [0.1, 0.15) is 18.5 Å². The summed E-state index contributed by atoms with van der Waals surface area (Å²) in [5, 5.41) is 0.119. The summed E-state index contributed by atoms with van der Waals surface area (Å²) in [6.45, 7) is 1.29. The van der Waals surface area contributed by atoms with Crippen molar-refractivity contribution in [2.24, 2.45) is 5.73 Å². The van der Waals surface area contributed by atoms with Crippen LogP contribution in [0.5, 0.6) is 0 Å². The fourth-order valence-corrected chi connectivity index (χ4v) is 1.05. The van der Waals surface area contributed by atoms with E-state index in [2.05, 4.69) is 4.98 Å². The van der Waals surface area contributed by atoms with Crippen LogP contribution >= 0.6 is 11.6 Å². The van der Waals surface area contributed by atoms with E-state index in [0.29, 0.717) is 0 Å². The van der Waals surface area contributed by atoms with Gasteiger partial charge >= 0.3 is 0 Å². The lowest BCUT2D eigenvalue weighted by Crippen LogP contribution is -2.20. The fraction of sp³-hybridized carbons (Fsp3) is 0.250. The summed E-state index contributed by atoms with van der Waals surface area (Å²) in [5.41, 5.74) is 5.51. The first-order valence-electron chi connectivity index (χ1n) is 3.59. The smallest absolute Gasteiger partial charge is 0.151 e. The molecule has 1 aromatic heterocycles. The van der Waals surface area contributed by atoms with Gasteiger partial charge in [-0.05, 0) is 13.0 Å². The molecule has 1 heterocycles. The molecule has 13 heavy (non-hydrogen) atoms. The Morgan fingerprint density at radius 1 is 1.77 bits per heavy atom. The molecule has 3 nitrogen and oxygen atoms in total. The molecule has 2 N–H and O–H groups in total. The van der Waals surface area contributed by atoms with E-state index < -0.39 is 11.9 Å². The van der Waals surface area contributed by atoms with Crippen LogP contribution in [0.4, 0.5) is 4.39 Å². The second kappa shape index (κ2) is 3.81. The number of nitrogens with zero attached hydrogens (tertiary/aromatic N) is 1. The topological polar surface area (TPSA) is 56.0 Å². The number of ketones is 1. The summed E-state index contributed by atoms with van der Waals surface area (Å²) in [4.78, 5) is 14.4. The van der Waals surface area contributed by atoms with Gasteiger partial charge in [-0.3, -0.25) is 4.79 Å². The second-order valence-corrected chi connectivity index (χ2v) is 3.00. The summed E-state index contributed by atoms with van der Waals surface area (Å²) in [6, 6.07) is 0.281. The van der Waals surface area contributed by atoms with Gasteiger partial charge in [0.15, 0.2) is 5.78 Å². The van der Waals surface area contributed by atoms with Gasteiger partial charge < -0.3 is 5.73 Å². The first-order chi connectivity index (χ1) is 6.02. The van der Waals surface area contributed by atoms with Gasteiger partial charge in [-0.1, -0.05) is 11.6 Å². The van der Waals surface area contributed by atoms with Gasteiger partial charge in [0.25, 0.3) is 0 Å². The maximum absolute atomic E-state index is 13.0. The molecule has 0 spiro atoms. The van der Waals surface area contributed by atoms with E-state index in [1.807, 2.05) is 0 Å². The van der Waals surface area contributed by atoms with Gasteiger partial charge in [0.2, 0.25) is 0 Å². The van der Waals surface area contributed by atoms with Crippen LogP contribution in [0.25, 0.3) is 0 Å². The van der Waals surface area contributed by atoms with Crippen LogP contribution in [0, 0.1) is 5.82 Å². The molecular weight excluding hydrogens is 195 g/mol. The molecule has 1 atom stereocenters. The Kier molecular flexibility index (Phi) is 2.95. The number of hydrogen-bond acceptors (Lipinski definition) is 3. The van der Waals surface area contributed by atoms with E-state index >= 15 is 0 Å². The summed E-state index contributed by atoms with van der Waals surface area (Å²) in [7, 11) is 0. The SMILES string of the molecule is CC(=O)C(N)c1cc(Cl)ncc1F. The second-order valence-electron chi connectivity index (χ2n) is 2.62. The average Bonchev–Trinajstić information content (AvgIpc) is 2.08. The molecule has 1 rings (SSSR count). The van der Waals surface area contributed by atoms with Crippen molar-refractivity contribution < 1.29 is 9.18 Å². The maximum Gasteiger partial charge on any atom is 0.151 e. The van der Waals surface area contributed by atoms with Crippen LogP contribution in [-0.2, 0) is 4.79 Å². The molecule has 0 aliphatic rings. The summed E-state index contributed by atoms with van der Waals surface area (Å²) in [5.74, 6) is -0.937. The molecular formula is C8H8ClFN2O. The number of halogens is 2. The number of aromatic nitrogens is 1. The molecule has 0 fully saturated rings. The Morgan fingerprint density at radius 2 is 2.38 bits per heavy atom. The van der Waals surface area contributed by atoms with E-state index in [-0.39, 0.29) is 16.5 Å². The molecule has 0 radical (unpaired) electrons. The molecule has 5 heteroatoms. The van der Waals surface area contributed by atoms with Crippen molar-refractivity contribution in [2.45, 2.75) is 13.0 Å². The molecule has 0 saturated carbocycles. The lowest BCUT2D eigenvalue weighted by molar-refractivity contribution is -0.118. The minimum atomic E-state index is -0.972. The third-order valence-electron chi connectivity index (χ3n) is 1.62. The van der Waals surface area contributed by atoms with E-state index in [4.69, 9.17) is 17.3 Å². The van der Waals surface area contributed by atoms with Crippen molar-refractivity contribution >= 4 is 17.4 Å². The monoisotopic (exact) mass is 202 g/mol. The number of nitrogens with two attached hydrogens (primary N) is 1. The third kappa shape index (κ3) is 2.23. The Balaban J connectivity index is 3.12. The van der Waals surface area contributed by atoms with Crippen LogP contribution < -0.4 is 5.73 Å². The molecule has 0 aliphatic carbocycles. The Morgan fingerprint density at radius 3 is 2.92 bits per heavy atom. The lowest BCUT2D eigenvalue weighted by Gasteiger charge is -2.08. The zero-order valence-electron chi connectivity index (χ0n) is 6.92. The fourth-order valence-electron chi connectivity index (χ4n) is 0.885. The van der Waals surface area contributed by atoms with E-state index in [9.17, 15) is 9.18 Å². The van der Waals surface area contributed by atoms with Crippen LogP contribution in [0.2, 0.25) is 5.15 Å². The van der Waals surface area contributed by atoms with Gasteiger partial charge in [-0.2, -0.15) is 0 Å². The zero-order chi connectivity index (χ0) is 10.0.